The van der Waals surface area contributed by atoms with Crippen molar-refractivity contribution in [3.05, 3.63) is 65.9 Å². The van der Waals surface area contributed by atoms with Gasteiger partial charge in [0.15, 0.2) is 0 Å². The number of hydrogen-bond donors (Lipinski definition) is 2. The zero-order valence-electron chi connectivity index (χ0n) is 13.7. The fourth-order valence-corrected chi connectivity index (χ4v) is 2.03. The van der Waals surface area contributed by atoms with Gasteiger partial charge < -0.3 is 15.4 Å². The van der Waals surface area contributed by atoms with Gasteiger partial charge in [-0.2, -0.15) is 5.26 Å². The van der Waals surface area contributed by atoms with Crippen LogP contribution in [-0.2, 0) is 4.79 Å². The zero-order valence-corrected chi connectivity index (χ0v) is 13.7. The molecule has 0 aliphatic heterocycles. The number of amides is 1. The second kappa shape index (κ2) is 8.39. The Morgan fingerprint density at radius 3 is 2.54 bits per heavy atom. The Labute approximate surface area is 141 Å². The van der Waals surface area contributed by atoms with Crippen LogP contribution in [-0.4, -0.2) is 12.5 Å². The van der Waals surface area contributed by atoms with Crippen LogP contribution < -0.4 is 15.4 Å². The third kappa shape index (κ3) is 4.62. The van der Waals surface area contributed by atoms with Gasteiger partial charge in [0.1, 0.15) is 17.4 Å². The number of nitrogens with zero attached hydrogens (tertiary/aromatic N) is 1. The number of para-hydroxylation sites is 1. The summed E-state index contributed by atoms with van der Waals surface area (Å²) in [5.41, 5.74) is 2.46. The molecule has 0 bridgehead atoms. The van der Waals surface area contributed by atoms with Crippen molar-refractivity contribution in [2.45, 2.75) is 13.8 Å². The monoisotopic (exact) mass is 321 g/mol. The Hall–Kier alpha value is -3.26. The van der Waals surface area contributed by atoms with E-state index in [0.29, 0.717) is 12.3 Å². The average molecular weight is 321 g/mol. The van der Waals surface area contributed by atoms with Crippen LogP contribution in [0, 0.1) is 18.3 Å². The predicted octanol–water partition coefficient (Wildman–Crippen LogP) is 3.85. The molecule has 0 spiro atoms. The highest BCUT2D eigenvalue weighted by atomic mass is 16.5. The Morgan fingerprint density at radius 1 is 1.21 bits per heavy atom. The van der Waals surface area contributed by atoms with E-state index in [1.807, 2.05) is 44.2 Å². The summed E-state index contributed by atoms with van der Waals surface area (Å²) in [5.74, 6) is 0.260. The molecule has 0 atom stereocenters. The van der Waals surface area contributed by atoms with E-state index in [0.717, 1.165) is 17.0 Å². The van der Waals surface area contributed by atoms with Crippen molar-refractivity contribution < 1.29 is 9.53 Å². The van der Waals surface area contributed by atoms with E-state index in [1.165, 1.54) is 6.20 Å². The molecule has 0 saturated heterocycles. The topological polar surface area (TPSA) is 74.1 Å². The first-order valence-electron chi connectivity index (χ1n) is 7.60. The average Bonchev–Trinajstić information content (AvgIpc) is 2.59. The fraction of sp³-hybridized carbons (Fsp3) is 0.158. The summed E-state index contributed by atoms with van der Waals surface area (Å²) in [6, 6.07) is 16.5. The van der Waals surface area contributed by atoms with Crippen molar-refractivity contribution in [2.75, 3.05) is 17.2 Å². The number of carbonyl (C=O) groups is 1. The van der Waals surface area contributed by atoms with Gasteiger partial charge in [-0.05, 0) is 49.7 Å². The van der Waals surface area contributed by atoms with Crippen molar-refractivity contribution in [1.82, 2.24) is 0 Å². The summed E-state index contributed by atoms with van der Waals surface area (Å²) >= 11 is 0. The minimum absolute atomic E-state index is 0.00728. The van der Waals surface area contributed by atoms with Gasteiger partial charge in [-0.3, -0.25) is 4.79 Å². The summed E-state index contributed by atoms with van der Waals surface area (Å²) in [7, 11) is 0. The molecule has 0 heterocycles. The van der Waals surface area contributed by atoms with Crippen molar-refractivity contribution in [2.24, 2.45) is 0 Å². The minimum Gasteiger partial charge on any atom is -0.494 e. The summed E-state index contributed by atoms with van der Waals surface area (Å²) in [5, 5.41) is 14.9. The molecule has 0 aromatic heterocycles. The molecule has 24 heavy (non-hydrogen) atoms. The molecule has 0 fully saturated rings. The molecule has 0 aliphatic carbocycles. The van der Waals surface area contributed by atoms with Gasteiger partial charge in [0, 0.05) is 17.6 Å². The summed E-state index contributed by atoms with van der Waals surface area (Å²) in [6.07, 6.45) is 1.41. The Balaban J connectivity index is 2.04. The maximum atomic E-state index is 12.2. The summed E-state index contributed by atoms with van der Waals surface area (Å²) < 4.78 is 5.35. The third-order valence-electron chi connectivity index (χ3n) is 3.31. The van der Waals surface area contributed by atoms with Crippen LogP contribution in [0.15, 0.2) is 60.3 Å². The van der Waals surface area contributed by atoms with Crippen molar-refractivity contribution in [3.8, 4) is 11.8 Å². The second-order valence-corrected chi connectivity index (χ2v) is 5.04. The highest BCUT2D eigenvalue weighted by molar-refractivity contribution is 6.06. The maximum Gasteiger partial charge on any atom is 0.267 e. The van der Waals surface area contributed by atoms with Gasteiger partial charge in [-0.25, -0.2) is 0 Å². The molecule has 5 nitrogen and oxygen atoms in total. The molecule has 0 saturated carbocycles. The van der Waals surface area contributed by atoms with Crippen molar-refractivity contribution in [3.63, 3.8) is 0 Å². The highest BCUT2D eigenvalue weighted by Gasteiger charge is 2.09. The summed E-state index contributed by atoms with van der Waals surface area (Å²) in [4.78, 5) is 12.2. The standard InChI is InChI=1S/C19H19N3O2/c1-3-24-17-10-8-16(9-11-17)22-19(23)15(12-20)13-21-18-7-5-4-6-14(18)2/h4-11,13,21H,3H2,1-2H3,(H,22,23)/b15-13-. The number of hydrogen-bond acceptors (Lipinski definition) is 4. The van der Waals surface area contributed by atoms with Crippen molar-refractivity contribution in [1.29, 1.82) is 5.26 Å². The van der Waals surface area contributed by atoms with E-state index in [4.69, 9.17) is 4.74 Å². The molecule has 2 aromatic carbocycles. The molecule has 2 N–H and O–H groups in total. The fourth-order valence-electron chi connectivity index (χ4n) is 2.03. The third-order valence-corrected chi connectivity index (χ3v) is 3.31. The first-order chi connectivity index (χ1) is 11.6. The zero-order chi connectivity index (χ0) is 17.4. The first kappa shape index (κ1) is 17.1. The van der Waals surface area contributed by atoms with Crippen LogP contribution >= 0.6 is 0 Å². The number of ether oxygens (including phenoxy) is 1. The number of benzene rings is 2. The molecule has 0 unspecified atom stereocenters. The first-order valence-corrected chi connectivity index (χ1v) is 7.60. The van der Waals surface area contributed by atoms with E-state index >= 15 is 0 Å². The van der Waals surface area contributed by atoms with Crippen LogP contribution in [0.3, 0.4) is 0 Å². The van der Waals surface area contributed by atoms with Crippen LogP contribution in [0.5, 0.6) is 5.75 Å². The maximum absolute atomic E-state index is 12.2. The SMILES string of the molecule is CCOc1ccc(NC(=O)/C(C#N)=C\Nc2ccccc2C)cc1. The van der Waals surface area contributed by atoms with Crippen LogP contribution in [0.1, 0.15) is 12.5 Å². The van der Waals surface area contributed by atoms with Crippen LogP contribution in [0.2, 0.25) is 0 Å². The summed E-state index contributed by atoms with van der Waals surface area (Å²) in [6.45, 7) is 4.43. The lowest BCUT2D eigenvalue weighted by molar-refractivity contribution is -0.112. The van der Waals surface area contributed by atoms with E-state index in [9.17, 15) is 10.1 Å². The molecule has 5 heteroatoms. The van der Waals surface area contributed by atoms with E-state index in [-0.39, 0.29) is 5.57 Å². The van der Waals surface area contributed by atoms with Gasteiger partial charge in [-0.1, -0.05) is 18.2 Å². The van der Waals surface area contributed by atoms with Gasteiger partial charge in [0.25, 0.3) is 5.91 Å². The molecule has 122 valence electrons. The predicted molar refractivity (Wildman–Crippen MR) is 94.7 cm³/mol. The second-order valence-electron chi connectivity index (χ2n) is 5.04. The lowest BCUT2D eigenvalue weighted by Gasteiger charge is -2.08. The largest absolute Gasteiger partial charge is 0.494 e. The number of nitrogens with one attached hydrogen (secondary N) is 2. The number of anilines is 2. The van der Waals surface area contributed by atoms with Gasteiger partial charge in [-0.15, -0.1) is 0 Å². The highest BCUT2D eigenvalue weighted by Crippen LogP contribution is 2.17. The molecular weight excluding hydrogens is 302 g/mol. The number of nitriles is 1. The minimum atomic E-state index is -0.470. The van der Waals surface area contributed by atoms with Gasteiger partial charge >= 0.3 is 0 Å². The van der Waals surface area contributed by atoms with E-state index < -0.39 is 5.91 Å². The smallest absolute Gasteiger partial charge is 0.267 e. The lowest BCUT2D eigenvalue weighted by atomic mass is 10.2. The Bertz CT molecular complexity index is 774. The van der Waals surface area contributed by atoms with Gasteiger partial charge in [0.2, 0.25) is 0 Å². The van der Waals surface area contributed by atoms with E-state index in [2.05, 4.69) is 10.6 Å². The quantitative estimate of drug-likeness (QED) is 0.626. The number of carbonyl (C=O) groups excluding carboxylic acids is 1. The molecule has 2 rings (SSSR count). The van der Waals surface area contributed by atoms with Gasteiger partial charge in [0.05, 0.1) is 6.61 Å². The number of rotatable bonds is 6. The number of aryl methyl sites for hydroxylation is 1. The Kier molecular flexibility index (Phi) is 5.98. The van der Waals surface area contributed by atoms with E-state index in [1.54, 1.807) is 24.3 Å². The molecule has 1 amide bonds. The lowest BCUT2D eigenvalue weighted by Crippen LogP contribution is -2.14. The molecule has 0 aliphatic rings. The Morgan fingerprint density at radius 2 is 1.92 bits per heavy atom. The van der Waals surface area contributed by atoms with Crippen molar-refractivity contribution >= 4 is 17.3 Å². The molecule has 2 aromatic rings. The van der Waals surface area contributed by atoms with Crippen LogP contribution in [0.4, 0.5) is 11.4 Å². The van der Waals surface area contributed by atoms with Crippen LogP contribution in [0.25, 0.3) is 0 Å². The molecule has 0 radical (unpaired) electrons. The normalized spacial score (nSPS) is 10.6. The molecular formula is C19H19N3O2.